The van der Waals surface area contributed by atoms with Gasteiger partial charge in [0.15, 0.2) is 5.96 Å². The van der Waals surface area contributed by atoms with Gasteiger partial charge >= 0.3 is 0 Å². The predicted molar refractivity (Wildman–Crippen MR) is 129 cm³/mol. The van der Waals surface area contributed by atoms with E-state index >= 15 is 0 Å². The number of halogens is 2. The molecule has 2 fully saturated rings. The van der Waals surface area contributed by atoms with Crippen LogP contribution in [0.5, 0.6) is 0 Å². The van der Waals surface area contributed by atoms with Crippen molar-refractivity contribution >= 4 is 35.6 Å². The van der Waals surface area contributed by atoms with E-state index in [0.29, 0.717) is 0 Å². The second kappa shape index (κ2) is 9.78. The number of guanidine groups is 1. The Morgan fingerprint density at radius 1 is 1.14 bits per heavy atom. The fraction of sp³-hybridized carbons (Fsp3) is 0.435. The van der Waals surface area contributed by atoms with E-state index in [0.717, 1.165) is 31.0 Å². The quantitative estimate of drug-likeness (QED) is 0.346. The third-order valence-electron chi connectivity index (χ3n) is 5.84. The number of nitrogens with one attached hydrogen (secondary N) is 2. The average Bonchev–Trinajstić information content (AvgIpc) is 3.25. The van der Waals surface area contributed by atoms with Crippen molar-refractivity contribution in [3.63, 3.8) is 0 Å². The minimum atomic E-state index is -0.119. The van der Waals surface area contributed by atoms with Gasteiger partial charge < -0.3 is 15.5 Å². The normalized spacial score (nSPS) is 22.0. The van der Waals surface area contributed by atoms with Crippen LogP contribution in [0.4, 0.5) is 10.1 Å². The van der Waals surface area contributed by atoms with E-state index in [1.54, 1.807) is 13.1 Å². The molecule has 0 radical (unpaired) electrons. The van der Waals surface area contributed by atoms with Crippen molar-refractivity contribution in [2.45, 2.75) is 44.2 Å². The monoisotopic (exact) mass is 508 g/mol. The Morgan fingerprint density at radius 3 is 2.62 bits per heavy atom. The summed E-state index contributed by atoms with van der Waals surface area (Å²) in [5.41, 5.74) is 3.34. The number of anilines is 1. The fourth-order valence-electron chi connectivity index (χ4n) is 4.07. The van der Waals surface area contributed by atoms with Crippen LogP contribution in [-0.4, -0.2) is 32.1 Å². The first-order valence-corrected chi connectivity index (χ1v) is 10.2. The molecule has 0 aromatic heterocycles. The van der Waals surface area contributed by atoms with Gasteiger partial charge in [-0.2, -0.15) is 0 Å². The Hall–Kier alpha value is -1.83. The van der Waals surface area contributed by atoms with Crippen LogP contribution in [0, 0.1) is 5.82 Å². The van der Waals surface area contributed by atoms with Crippen LogP contribution in [0.25, 0.3) is 0 Å². The summed E-state index contributed by atoms with van der Waals surface area (Å²) in [4.78, 5) is 6.83. The molecule has 0 spiro atoms. The highest BCUT2D eigenvalue weighted by atomic mass is 127. The van der Waals surface area contributed by atoms with Crippen LogP contribution in [0.1, 0.15) is 49.3 Å². The Bertz CT molecular complexity index is 850. The van der Waals surface area contributed by atoms with Gasteiger partial charge in [-0.25, -0.2) is 4.39 Å². The van der Waals surface area contributed by atoms with E-state index in [-0.39, 0.29) is 47.8 Å². The largest absolute Gasteiger partial charge is 0.372 e. The smallest absolute Gasteiger partial charge is 0.191 e. The summed E-state index contributed by atoms with van der Waals surface area (Å²) in [5, 5.41) is 6.93. The van der Waals surface area contributed by atoms with Gasteiger partial charge in [-0.15, -0.1) is 24.0 Å². The summed E-state index contributed by atoms with van der Waals surface area (Å²) in [6, 6.07) is 16.2. The number of rotatable bonds is 5. The predicted octanol–water partition coefficient (Wildman–Crippen LogP) is 4.83. The molecule has 0 amide bonds. The van der Waals surface area contributed by atoms with Gasteiger partial charge in [0, 0.05) is 37.8 Å². The molecule has 2 N–H and O–H groups in total. The minimum Gasteiger partial charge on any atom is -0.372 e. The minimum absolute atomic E-state index is 0. The summed E-state index contributed by atoms with van der Waals surface area (Å²) in [6.45, 7) is 4.44. The SMILES string of the molecule is CN=C(NC(C)c1cccc(N2CCCC2)c1)NC1CC1c1ccccc1F.I. The van der Waals surface area contributed by atoms with Crippen LogP contribution in [0.15, 0.2) is 53.5 Å². The molecule has 1 saturated carbocycles. The lowest BCUT2D eigenvalue weighted by molar-refractivity contribution is 0.607. The highest BCUT2D eigenvalue weighted by Crippen LogP contribution is 2.41. The van der Waals surface area contributed by atoms with E-state index < -0.39 is 0 Å². The standard InChI is InChI=1S/C23H29FN4.HI/c1-16(17-8-7-9-18(14-17)28-12-5-6-13-28)26-23(25-2)27-22-15-20(22)19-10-3-4-11-21(19)24;/h3-4,7-11,14,16,20,22H,5-6,12-13,15H2,1-2H3,(H2,25,26,27);1H. The van der Waals surface area contributed by atoms with E-state index in [1.807, 2.05) is 12.1 Å². The van der Waals surface area contributed by atoms with Crippen molar-refractivity contribution in [1.82, 2.24) is 10.6 Å². The summed E-state index contributed by atoms with van der Waals surface area (Å²) >= 11 is 0. The van der Waals surface area contributed by atoms with Crippen molar-refractivity contribution in [1.29, 1.82) is 0 Å². The molecule has 4 rings (SSSR count). The molecule has 6 heteroatoms. The number of nitrogens with zero attached hydrogens (tertiary/aromatic N) is 2. The maximum atomic E-state index is 14.0. The van der Waals surface area contributed by atoms with Crippen LogP contribution in [0.3, 0.4) is 0 Å². The molecular weight excluding hydrogens is 478 g/mol. The van der Waals surface area contributed by atoms with Gasteiger partial charge in [-0.1, -0.05) is 30.3 Å². The number of hydrogen-bond acceptors (Lipinski definition) is 2. The van der Waals surface area contributed by atoms with Crippen LogP contribution >= 0.6 is 24.0 Å². The topological polar surface area (TPSA) is 39.7 Å². The number of hydrogen-bond donors (Lipinski definition) is 2. The molecule has 0 bridgehead atoms. The maximum Gasteiger partial charge on any atom is 0.191 e. The first-order chi connectivity index (χ1) is 13.7. The second-order valence-electron chi connectivity index (χ2n) is 7.84. The van der Waals surface area contributed by atoms with Gasteiger partial charge in [0.05, 0.1) is 6.04 Å². The molecule has 156 valence electrons. The highest BCUT2D eigenvalue weighted by molar-refractivity contribution is 14.0. The molecule has 4 nitrogen and oxygen atoms in total. The third kappa shape index (κ3) is 5.21. The summed E-state index contributed by atoms with van der Waals surface area (Å²) < 4.78 is 14.0. The Kier molecular flexibility index (Phi) is 7.38. The highest BCUT2D eigenvalue weighted by Gasteiger charge is 2.40. The lowest BCUT2D eigenvalue weighted by Gasteiger charge is -2.22. The van der Waals surface area contributed by atoms with Crippen molar-refractivity contribution in [3.8, 4) is 0 Å². The summed E-state index contributed by atoms with van der Waals surface area (Å²) in [5.74, 6) is 0.864. The van der Waals surface area contributed by atoms with Crippen LogP contribution in [0.2, 0.25) is 0 Å². The van der Waals surface area contributed by atoms with Gasteiger partial charge in [0.2, 0.25) is 0 Å². The van der Waals surface area contributed by atoms with Gasteiger partial charge in [-0.05, 0) is 55.5 Å². The Labute approximate surface area is 190 Å². The van der Waals surface area contributed by atoms with Crippen molar-refractivity contribution in [2.75, 3.05) is 25.0 Å². The maximum absolute atomic E-state index is 14.0. The van der Waals surface area contributed by atoms with E-state index in [1.165, 1.54) is 30.2 Å². The molecule has 1 aliphatic heterocycles. The molecule has 2 aromatic carbocycles. The first kappa shape index (κ1) is 21.9. The summed E-state index contributed by atoms with van der Waals surface area (Å²) in [7, 11) is 1.78. The third-order valence-corrected chi connectivity index (χ3v) is 5.84. The number of benzene rings is 2. The zero-order valence-electron chi connectivity index (χ0n) is 17.1. The number of aliphatic imine (C=N–C) groups is 1. The molecule has 2 aromatic rings. The fourth-order valence-corrected chi connectivity index (χ4v) is 4.07. The van der Waals surface area contributed by atoms with Crippen molar-refractivity contribution < 1.29 is 4.39 Å². The molecule has 1 saturated heterocycles. The van der Waals surface area contributed by atoms with Crippen LogP contribution < -0.4 is 15.5 Å². The van der Waals surface area contributed by atoms with Gasteiger partial charge in [-0.3, -0.25) is 4.99 Å². The first-order valence-electron chi connectivity index (χ1n) is 10.2. The summed E-state index contributed by atoms with van der Waals surface area (Å²) in [6.07, 6.45) is 3.48. The molecular formula is C23H30FIN4. The van der Waals surface area contributed by atoms with Crippen LogP contribution in [-0.2, 0) is 0 Å². The van der Waals surface area contributed by atoms with Gasteiger partial charge in [0.25, 0.3) is 0 Å². The zero-order valence-corrected chi connectivity index (χ0v) is 19.4. The lowest BCUT2D eigenvalue weighted by Crippen LogP contribution is -2.40. The van der Waals surface area contributed by atoms with E-state index in [9.17, 15) is 4.39 Å². The zero-order chi connectivity index (χ0) is 19.5. The van der Waals surface area contributed by atoms with Gasteiger partial charge in [0.1, 0.15) is 5.82 Å². The second-order valence-corrected chi connectivity index (χ2v) is 7.84. The Morgan fingerprint density at radius 2 is 1.90 bits per heavy atom. The molecule has 2 aliphatic rings. The van der Waals surface area contributed by atoms with E-state index in [4.69, 9.17) is 0 Å². The average molecular weight is 508 g/mol. The van der Waals surface area contributed by atoms with Crippen molar-refractivity contribution in [3.05, 3.63) is 65.5 Å². The molecule has 3 unspecified atom stereocenters. The Balaban J connectivity index is 0.00000240. The molecule has 1 aliphatic carbocycles. The molecule has 1 heterocycles. The molecule has 29 heavy (non-hydrogen) atoms. The van der Waals surface area contributed by atoms with Crippen molar-refractivity contribution in [2.24, 2.45) is 4.99 Å². The lowest BCUT2D eigenvalue weighted by atomic mass is 10.1. The molecule has 3 atom stereocenters. The van der Waals surface area contributed by atoms with E-state index in [2.05, 4.69) is 51.7 Å².